The number of ether oxygens (including phenoxy) is 5. The molecule has 0 N–H and O–H groups in total. The lowest BCUT2D eigenvalue weighted by atomic mass is 10.1. The van der Waals surface area contributed by atoms with Crippen LogP contribution in [0.5, 0.6) is 28.7 Å². The molecule has 8 heteroatoms. The van der Waals surface area contributed by atoms with E-state index in [1.807, 2.05) is 0 Å². The van der Waals surface area contributed by atoms with Crippen molar-refractivity contribution in [3.63, 3.8) is 0 Å². The van der Waals surface area contributed by atoms with Crippen molar-refractivity contribution in [3.8, 4) is 40.1 Å². The number of hydrogen-bond acceptors (Lipinski definition) is 8. The number of benzene rings is 2. The smallest absolute Gasteiger partial charge is 0.239 e. The molecule has 0 radical (unpaired) electrons. The average Bonchev–Trinajstić information content (AvgIpc) is 2.92. The molecule has 0 unspecified atom stereocenters. The average molecular weight is 514 g/mol. The molecule has 0 aliphatic rings. The molecule has 0 fully saturated rings. The molecular formula is C29H39NO7. The molecule has 0 bridgehead atoms. The molecule has 0 amide bonds. The van der Waals surface area contributed by atoms with Gasteiger partial charge in [0.15, 0.2) is 17.3 Å². The summed E-state index contributed by atoms with van der Waals surface area (Å²) in [5.74, 6) is 2.40. The molecule has 0 saturated carbocycles. The third kappa shape index (κ3) is 6.68. The Morgan fingerprint density at radius 1 is 0.784 bits per heavy atom. The van der Waals surface area contributed by atoms with Gasteiger partial charge in [0.25, 0.3) is 0 Å². The lowest BCUT2D eigenvalue weighted by Gasteiger charge is -2.20. The molecule has 0 atom stereocenters. The zero-order valence-corrected chi connectivity index (χ0v) is 22.8. The number of fused-ring (bicyclic) bond motifs is 1. The van der Waals surface area contributed by atoms with Crippen LogP contribution in [0.4, 0.5) is 0 Å². The van der Waals surface area contributed by atoms with Crippen LogP contribution in [0.2, 0.25) is 0 Å². The van der Waals surface area contributed by atoms with Crippen LogP contribution < -0.4 is 29.1 Å². The highest BCUT2D eigenvalue weighted by molar-refractivity contribution is 5.88. The van der Waals surface area contributed by atoms with E-state index in [1.54, 1.807) is 51.7 Å². The van der Waals surface area contributed by atoms with E-state index in [0.29, 0.717) is 46.1 Å². The fourth-order valence-corrected chi connectivity index (χ4v) is 4.42. The van der Waals surface area contributed by atoms with Gasteiger partial charge in [0.05, 0.1) is 35.0 Å². The minimum absolute atomic E-state index is 0.0875. The van der Waals surface area contributed by atoms with Crippen LogP contribution in [0.1, 0.15) is 39.5 Å². The first-order chi connectivity index (χ1) is 18.0. The normalized spacial score (nSPS) is 11.1. The summed E-state index contributed by atoms with van der Waals surface area (Å²) in [6, 6.07) is 8.67. The van der Waals surface area contributed by atoms with Gasteiger partial charge in [-0.3, -0.25) is 4.79 Å². The second-order valence-corrected chi connectivity index (χ2v) is 8.76. The third-order valence-electron chi connectivity index (χ3n) is 6.18. The van der Waals surface area contributed by atoms with Crippen molar-refractivity contribution in [2.24, 2.45) is 0 Å². The highest BCUT2D eigenvalue weighted by atomic mass is 16.5. The topological polar surface area (TPSA) is 79.6 Å². The maximum Gasteiger partial charge on any atom is 0.239 e. The minimum atomic E-state index is -0.316. The fraction of sp³-hybridized carbons (Fsp3) is 0.483. The van der Waals surface area contributed by atoms with Gasteiger partial charge in [-0.25, -0.2) is 0 Å². The van der Waals surface area contributed by atoms with E-state index in [0.717, 1.165) is 45.3 Å². The molecule has 3 rings (SSSR count). The summed E-state index contributed by atoms with van der Waals surface area (Å²) in [6.07, 6.45) is 4.18. The van der Waals surface area contributed by atoms with E-state index in [2.05, 4.69) is 18.7 Å². The van der Waals surface area contributed by atoms with E-state index < -0.39 is 0 Å². The van der Waals surface area contributed by atoms with Gasteiger partial charge in [0, 0.05) is 17.7 Å². The highest BCUT2D eigenvalue weighted by Crippen LogP contribution is 2.39. The summed E-state index contributed by atoms with van der Waals surface area (Å²) in [7, 11) is 6.13. The summed E-state index contributed by atoms with van der Waals surface area (Å²) >= 11 is 0. The second-order valence-electron chi connectivity index (χ2n) is 8.76. The van der Waals surface area contributed by atoms with E-state index in [-0.39, 0.29) is 16.9 Å². The van der Waals surface area contributed by atoms with Gasteiger partial charge in [-0.2, -0.15) is 0 Å². The number of hydrogen-bond donors (Lipinski definition) is 0. The molecule has 37 heavy (non-hydrogen) atoms. The zero-order chi connectivity index (χ0) is 26.8. The Bertz CT molecular complexity index is 1220. The van der Waals surface area contributed by atoms with E-state index >= 15 is 0 Å². The maximum absolute atomic E-state index is 13.6. The molecule has 1 heterocycles. The van der Waals surface area contributed by atoms with Crippen LogP contribution in [0.3, 0.4) is 0 Å². The summed E-state index contributed by atoms with van der Waals surface area (Å²) in [6.45, 7) is 8.14. The Morgan fingerprint density at radius 2 is 1.51 bits per heavy atom. The van der Waals surface area contributed by atoms with Crippen molar-refractivity contribution in [1.29, 1.82) is 0 Å². The summed E-state index contributed by atoms with van der Waals surface area (Å²) in [4.78, 5) is 16.1. The quantitative estimate of drug-likeness (QED) is 0.237. The van der Waals surface area contributed by atoms with Gasteiger partial charge in [-0.1, -0.05) is 13.8 Å². The Kier molecular flexibility index (Phi) is 10.5. The monoisotopic (exact) mass is 513 g/mol. The zero-order valence-electron chi connectivity index (χ0n) is 22.8. The van der Waals surface area contributed by atoms with Gasteiger partial charge in [-0.05, 0) is 63.5 Å². The van der Waals surface area contributed by atoms with Crippen molar-refractivity contribution in [2.45, 2.75) is 39.5 Å². The van der Waals surface area contributed by atoms with Crippen molar-refractivity contribution < 1.29 is 28.1 Å². The van der Waals surface area contributed by atoms with Crippen molar-refractivity contribution in [3.05, 3.63) is 40.6 Å². The number of unbranched alkanes of at least 4 members (excludes halogenated alkanes) is 1. The summed E-state index contributed by atoms with van der Waals surface area (Å²) < 4.78 is 34.1. The predicted octanol–water partition coefficient (Wildman–Crippen LogP) is 5.78. The fourth-order valence-electron chi connectivity index (χ4n) is 4.42. The van der Waals surface area contributed by atoms with Crippen LogP contribution in [0, 0.1) is 0 Å². The lowest BCUT2D eigenvalue weighted by molar-refractivity contribution is 0.250. The van der Waals surface area contributed by atoms with Gasteiger partial charge in [0.1, 0.15) is 22.5 Å². The standard InChI is InChI=1S/C29H39NO7/c1-7-13-30(14-8-2)15-9-10-16-36-24-18-21(32-3)19-25-26(24)27(31)29(35-6)28(37-25)20-11-12-22(33-4)23(17-20)34-5/h11-12,17-19H,7-10,13-16H2,1-6H3. The SMILES string of the molecule is CCCN(CCC)CCCCOc1cc(OC)cc2oc(-c3ccc(OC)c(OC)c3)c(OC)c(=O)c12. The van der Waals surface area contributed by atoms with Crippen molar-refractivity contribution >= 4 is 11.0 Å². The van der Waals surface area contributed by atoms with E-state index in [9.17, 15) is 4.79 Å². The molecule has 2 aromatic carbocycles. The Labute approximate surface area is 219 Å². The Hall–Kier alpha value is -3.39. The first-order valence-electron chi connectivity index (χ1n) is 12.8. The molecule has 0 aliphatic heterocycles. The second kappa shape index (κ2) is 13.8. The van der Waals surface area contributed by atoms with Crippen LogP contribution in [-0.2, 0) is 0 Å². The minimum Gasteiger partial charge on any atom is -0.496 e. The summed E-state index contributed by atoms with van der Waals surface area (Å²) in [5, 5.41) is 0.320. The molecule has 202 valence electrons. The molecule has 0 aliphatic carbocycles. The molecule has 1 aromatic heterocycles. The largest absolute Gasteiger partial charge is 0.496 e. The molecular weight excluding hydrogens is 474 g/mol. The maximum atomic E-state index is 13.6. The first-order valence-corrected chi connectivity index (χ1v) is 12.8. The van der Waals surface area contributed by atoms with Crippen molar-refractivity contribution in [1.82, 2.24) is 4.90 Å². The Balaban J connectivity index is 1.93. The van der Waals surface area contributed by atoms with Gasteiger partial charge in [0.2, 0.25) is 11.2 Å². The van der Waals surface area contributed by atoms with Gasteiger partial charge >= 0.3 is 0 Å². The third-order valence-corrected chi connectivity index (χ3v) is 6.18. The molecule has 0 spiro atoms. The van der Waals surface area contributed by atoms with Crippen LogP contribution in [0.15, 0.2) is 39.5 Å². The first kappa shape index (κ1) is 28.2. The van der Waals surface area contributed by atoms with Gasteiger partial charge in [-0.15, -0.1) is 0 Å². The molecule has 0 saturated heterocycles. The van der Waals surface area contributed by atoms with Gasteiger partial charge < -0.3 is 33.0 Å². The van der Waals surface area contributed by atoms with E-state index in [4.69, 9.17) is 28.1 Å². The number of nitrogens with zero attached hydrogens (tertiary/aromatic N) is 1. The number of rotatable bonds is 15. The Morgan fingerprint density at radius 3 is 2.14 bits per heavy atom. The highest BCUT2D eigenvalue weighted by Gasteiger charge is 2.22. The van der Waals surface area contributed by atoms with E-state index in [1.165, 1.54) is 7.11 Å². The van der Waals surface area contributed by atoms with Crippen LogP contribution >= 0.6 is 0 Å². The predicted molar refractivity (Wildman–Crippen MR) is 146 cm³/mol. The molecule has 8 nitrogen and oxygen atoms in total. The number of methoxy groups -OCH3 is 4. The van der Waals surface area contributed by atoms with Crippen LogP contribution in [0.25, 0.3) is 22.3 Å². The molecule has 3 aromatic rings. The summed E-state index contributed by atoms with van der Waals surface area (Å²) in [5.41, 5.74) is 0.646. The lowest BCUT2D eigenvalue weighted by Crippen LogP contribution is -2.26. The van der Waals surface area contributed by atoms with Crippen LogP contribution in [-0.4, -0.2) is 59.6 Å². The van der Waals surface area contributed by atoms with Crippen molar-refractivity contribution in [2.75, 3.05) is 54.7 Å².